The summed E-state index contributed by atoms with van der Waals surface area (Å²) in [5, 5.41) is 0. The molecule has 0 spiro atoms. The smallest absolute Gasteiger partial charge is 0.263 e. The lowest BCUT2D eigenvalue weighted by molar-refractivity contribution is -0.137. The van der Waals surface area contributed by atoms with Crippen molar-refractivity contribution >= 4 is 17.7 Å². The zero-order valence-corrected chi connectivity index (χ0v) is 15.3. The second-order valence-electron chi connectivity index (χ2n) is 6.63. The van der Waals surface area contributed by atoms with Crippen molar-refractivity contribution in [1.29, 1.82) is 0 Å². The van der Waals surface area contributed by atoms with Gasteiger partial charge in [-0.25, -0.2) is 0 Å². The van der Waals surface area contributed by atoms with Crippen LogP contribution in [0, 0.1) is 0 Å². The highest BCUT2D eigenvalue weighted by Gasteiger charge is 2.27. The Bertz CT molecular complexity index is 519. The van der Waals surface area contributed by atoms with Crippen molar-refractivity contribution in [2.24, 2.45) is 0 Å². The number of nitrogens with zero attached hydrogens (tertiary/aromatic N) is 2. The van der Waals surface area contributed by atoms with Gasteiger partial charge in [-0.15, -0.1) is 0 Å². The van der Waals surface area contributed by atoms with E-state index in [4.69, 9.17) is 4.74 Å². The number of para-hydroxylation sites is 1. The van der Waals surface area contributed by atoms with Crippen LogP contribution in [0.3, 0.4) is 0 Å². The number of rotatable bonds is 4. The Morgan fingerprint density at radius 2 is 1.88 bits per heavy atom. The van der Waals surface area contributed by atoms with Crippen molar-refractivity contribution in [2.45, 2.75) is 38.3 Å². The van der Waals surface area contributed by atoms with Crippen LogP contribution in [0.1, 0.15) is 26.2 Å². The van der Waals surface area contributed by atoms with Crippen LogP contribution in [0.5, 0.6) is 5.75 Å². The van der Waals surface area contributed by atoms with E-state index < -0.39 is 6.10 Å². The molecular formula is C19H28N2O2S. The van der Waals surface area contributed by atoms with Crippen molar-refractivity contribution in [3.8, 4) is 5.75 Å². The molecule has 0 bridgehead atoms. The first-order valence-electron chi connectivity index (χ1n) is 9.06. The van der Waals surface area contributed by atoms with Gasteiger partial charge in [-0.05, 0) is 49.8 Å². The summed E-state index contributed by atoms with van der Waals surface area (Å²) >= 11 is 2.07. The predicted octanol–water partition coefficient (Wildman–Crippen LogP) is 2.88. The fraction of sp³-hybridized carbons (Fsp3) is 0.632. The van der Waals surface area contributed by atoms with Crippen LogP contribution in [0.2, 0.25) is 0 Å². The third-order valence-corrected chi connectivity index (χ3v) is 6.00. The summed E-state index contributed by atoms with van der Waals surface area (Å²) in [6, 6.07) is 10.3. The zero-order valence-electron chi connectivity index (χ0n) is 14.5. The summed E-state index contributed by atoms with van der Waals surface area (Å²) < 4.78 is 5.81. The molecule has 2 heterocycles. The minimum absolute atomic E-state index is 0.111. The zero-order chi connectivity index (χ0) is 16.8. The number of hydrogen-bond donors (Lipinski definition) is 0. The van der Waals surface area contributed by atoms with Crippen molar-refractivity contribution in [3.05, 3.63) is 30.3 Å². The molecule has 1 unspecified atom stereocenters. The molecule has 1 amide bonds. The molecule has 1 atom stereocenters. The monoisotopic (exact) mass is 348 g/mol. The highest BCUT2D eigenvalue weighted by atomic mass is 32.2. The van der Waals surface area contributed by atoms with Gasteiger partial charge in [-0.2, -0.15) is 11.8 Å². The standard InChI is InChI=1S/C19H28N2O2S/c1-16(23-18-6-3-2-4-7-18)19(22)21-11-5-10-20(12-13-21)17-8-14-24-15-9-17/h2-4,6-7,16-17H,5,8-15H2,1H3. The molecule has 0 radical (unpaired) electrons. The predicted molar refractivity (Wildman–Crippen MR) is 99.6 cm³/mol. The van der Waals surface area contributed by atoms with Gasteiger partial charge in [0.25, 0.3) is 5.91 Å². The van der Waals surface area contributed by atoms with Gasteiger partial charge >= 0.3 is 0 Å². The first-order chi connectivity index (χ1) is 11.7. The largest absolute Gasteiger partial charge is 0.481 e. The van der Waals surface area contributed by atoms with Gasteiger partial charge in [0.1, 0.15) is 5.75 Å². The molecule has 0 aliphatic carbocycles. The van der Waals surface area contributed by atoms with Crippen LogP contribution >= 0.6 is 11.8 Å². The van der Waals surface area contributed by atoms with Crippen LogP contribution in [0.15, 0.2) is 30.3 Å². The molecule has 2 fully saturated rings. The summed E-state index contributed by atoms with van der Waals surface area (Å²) in [5.74, 6) is 3.44. The van der Waals surface area contributed by atoms with E-state index in [1.807, 2.05) is 42.2 Å². The van der Waals surface area contributed by atoms with E-state index in [-0.39, 0.29) is 5.91 Å². The minimum atomic E-state index is -0.426. The molecule has 2 saturated heterocycles. The average Bonchev–Trinajstić information content (AvgIpc) is 2.89. The Kier molecular flexibility index (Phi) is 6.44. The Hall–Kier alpha value is -1.20. The van der Waals surface area contributed by atoms with Crippen molar-refractivity contribution in [1.82, 2.24) is 9.80 Å². The molecule has 0 saturated carbocycles. The second kappa shape index (κ2) is 8.77. The van der Waals surface area contributed by atoms with Gasteiger partial charge < -0.3 is 9.64 Å². The highest BCUT2D eigenvalue weighted by Crippen LogP contribution is 2.23. The number of amides is 1. The Morgan fingerprint density at radius 1 is 1.12 bits per heavy atom. The van der Waals surface area contributed by atoms with E-state index in [1.165, 1.54) is 24.3 Å². The maximum absolute atomic E-state index is 12.7. The van der Waals surface area contributed by atoms with E-state index in [9.17, 15) is 4.79 Å². The fourth-order valence-corrected chi connectivity index (χ4v) is 4.67. The van der Waals surface area contributed by atoms with Crippen LogP contribution in [-0.2, 0) is 4.79 Å². The lowest BCUT2D eigenvalue weighted by atomic mass is 10.1. The van der Waals surface area contributed by atoms with Gasteiger partial charge in [0.05, 0.1) is 0 Å². The first-order valence-corrected chi connectivity index (χ1v) is 10.2. The molecule has 0 N–H and O–H groups in total. The molecule has 24 heavy (non-hydrogen) atoms. The van der Waals surface area contributed by atoms with Gasteiger partial charge in [0.2, 0.25) is 0 Å². The molecule has 132 valence electrons. The lowest BCUT2D eigenvalue weighted by Gasteiger charge is -2.33. The van der Waals surface area contributed by atoms with Crippen molar-refractivity contribution < 1.29 is 9.53 Å². The SMILES string of the molecule is CC(Oc1ccccc1)C(=O)N1CCCN(C2CCSCC2)CC1. The number of carbonyl (C=O) groups is 1. The van der Waals surface area contributed by atoms with Gasteiger partial charge in [0.15, 0.2) is 6.10 Å². The van der Waals surface area contributed by atoms with Crippen LogP contribution < -0.4 is 4.74 Å². The fourth-order valence-electron chi connectivity index (χ4n) is 3.58. The van der Waals surface area contributed by atoms with Crippen molar-refractivity contribution in [3.63, 3.8) is 0 Å². The van der Waals surface area contributed by atoms with Crippen LogP contribution in [0.25, 0.3) is 0 Å². The quantitative estimate of drug-likeness (QED) is 0.838. The molecule has 1 aromatic rings. The maximum atomic E-state index is 12.7. The average molecular weight is 349 g/mol. The highest BCUT2D eigenvalue weighted by molar-refractivity contribution is 7.99. The molecule has 0 aromatic heterocycles. The Labute approximate surface area is 149 Å². The number of hydrogen-bond acceptors (Lipinski definition) is 4. The number of carbonyl (C=O) groups excluding carboxylic acids is 1. The lowest BCUT2D eigenvalue weighted by Crippen LogP contribution is -2.44. The van der Waals surface area contributed by atoms with E-state index in [2.05, 4.69) is 16.7 Å². The van der Waals surface area contributed by atoms with E-state index >= 15 is 0 Å². The topological polar surface area (TPSA) is 32.8 Å². The van der Waals surface area contributed by atoms with E-state index in [1.54, 1.807) is 0 Å². The Morgan fingerprint density at radius 3 is 2.62 bits per heavy atom. The Balaban J connectivity index is 1.52. The van der Waals surface area contributed by atoms with Crippen LogP contribution in [0.4, 0.5) is 0 Å². The summed E-state index contributed by atoms with van der Waals surface area (Å²) in [4.78, 5) is 17.3. The van der Waals surface area contributed by atoms with Gasteiger partial charge in [-0.3, -0.25) is 9.69 Å². The third kappa shape index (κ3) is 4.67. The van der Waals surface area contributed by atoms with Gasteiger partial charge in [-0.1, -0.05) is 18.2 Å². The first kappa shape index (κ1) is 17.6. The summed E-state index contributed by atoms with van der Waals surface area (Å²) in [6.07, 6.45) is 3.23. The third-order valence-electron chi connectivity index (χ3n) is 4.95. The van der Waals surface area contributed by atoms with E-state index in [0.29, 0.717) is 0 Å². The van der Waals surface area contributed by atoms with Crippen molar-refractivity contribution in [2.75, 3.05) is 37.7 Å². The van der Waals surface area contributed by atoms with Gasteiger partial charge in [0, 0.05) is 32.2 Å². The number of benzene rings is 1. The molecule has 3 rings (SSSR count). The number of ether oxygens (including phenoxy) is 1. The number of thioether (sulfide) groups is 1. The summed E-state index contributed by atoms with van der Waals surface area (Å²) in [6.45, 7) is 5.65. The molecule has 5 heteroatoms. The summed E-state index contributed by atoms with van der Waals surface area (Å²) in [5.41, 5.74) is 0. The maximum Gasteiger partial charge on any atom is 0.263 e. The molecule has 4 nitrogen and oxygen atoms in total. The summed E-state index contributed by atoms with van der Waals surface area (Å²) in [7, 11) is 0. The molecule has 2 aliphatic rings. The van der Waals surface area contributed by atoms with Crippen LogP contribution in [-0.4, -0.2) is 65.5 Å². The molecular weight excluding hydrogens is 320 g/mol. The second-order valence-corrected chi connectivity index (χ2v) is 7.86. The minimum Gasteiger partial charge on any atom is -0.481 e. The normalized spacial score (nSPS) is 22.0. The molecule has 2 aliphatic heterocycles. The van der Waals surface area contributed by atoms with E-state index in [0.717, 1.165) is 44.4 Å². The molecule has 1 aromatic carbocycles.